The van der Waals surface area contributed by atoms with Gasteiger partial charge in [-0.3, -0.25) is 86.3 Å². The average molecular weight is 2020 g/mol. The fourth-order valence-corrected chi connectivity index (χ4v) is 10.4. The number of aliphatic hydroxyl groups is 2. The van der Waals surface area contributed by atoms with Crippen LogP contribution in [0.1, 0.15) is 229 Å². The zero-order valence-electron chi connectivity index (χ0n) is 83.7. The molecule has 143 heavy (non-hydrogen) atoms. The predicted molar refractivity (Wildman–Crippen MR) is 511 cm³/mol. The number of methoxy groups -OCH3 is 1. The zero-order chi connectivity index (χ0) is 108. The number of carbonyl (C=O) groups is 21. The highest BCUT2D eigenvalue weighted by Gasteiger charge is 2.28. The molecular formula is C99H142N6O38. The molecule has 8 N–H and O–H groups in total. The number of ether oxygens (including phenoxy) is 15. The summed E-state index contributed by atoms with van der Waals surface area (Å²) < 4.78 is 74.1. The highest BCUT2D eigenvalue weighted by atomic mass is 16.6. The second kappa shape index (κ2) is 79.4. The van der Waals surface area contributed by atoms with Gasteiger partial charge in [0.2, 0.25) is 35.4 Å². The Labute approximate surface area is 832 Å². The van der Waals surface area contributed by atoms with Crippen molar-refractivity contribution in [1.29, 1.82) is 0 Å². The lowest BCUT2D eigenvalue weighted by Crippen LogP contribution is -2.36. The SMILES string of the molecule is C=CC(=O)OCCC.C=CC(=O)OCCOC(=O)CCCCCCOC(=O)CC(=O)NCCNC(=O)CC.C=CC(=O)OCCOC(=O)CCCCCOC(C)=O.CC(C)(C)C(=O)c1ccc(OCCOC(=O)CC(=O)NCCNC(=O)CC(=O)OCCOc2ccc(C(=O)C(C)(C)O)cc2)cc1.COC(=O)CCCCCOC(=O)CC(=O)NCCNC(=O)CC(=O)OCCOc1ccc(C(=O)C(C)(C)O)cc1. The van der Waals surface area contributed by atoms with Crippen LogP contribution in [-0.4, -0.2) is 285 Å². The van der Waals surface area contributed by atoms with E-state index in [1.807, 2.05) is 27.7 Å². The Morgan fingerprint density at radius 3 is 0.790 bits per heavy atom. The molecule has 0 fully saturated rings. The zero-order valence-corrected chi connectivity index (χ0v) is 83.7. The maximum atomic E-state index is 12.3. The number of esters is 12. The molecule has 0 heterocycles. The molecule has 0 saturated heterocycles. The smallest absolute Gasteiger partial charge is 0.330 e. The van der Waals surface area contributed by atoms with E-state index >= 15 is 0 Å². The van der Waals surface area contributed by atoms with Gasteiger partial charge in [-0.05, 0) is 158 Å². The lowest BCUT2D eigenvalue weighted by molar-refractivity contribution is -0.149. The summed E-state index contributed by atoms with van der Waals surface area (Å²) in [5.41, 5.74) is -2.24. The monoisotopic (exact) mass is 2020 g/mol. The van der Waals surface area contributed by atoms with Gasteiger partial charge in [0.15, 0.2) is 17.3 Å². The van der Waals surface area contributed by atoms with Gasteiger partial charge in [0.1, 0.15) is 127 Å². The molecule has 0 saturated carbocycles. The van der Waals surface area contributed by atoms with E-state index in [-0.39, 0.29) is 166 Å². The molecule has 3 aromatic carbocycles. The molecule has 0 bridgehead atoms. The van der Waals surface area contributed by atoms with Crippen molar-refractivity contribution < 1.29 is 182 Å². The third kappa shape index (κ3) is 75.3. The average Bonchev–Trinajstić information content (AvgIpc) is 0.855. The molecule has 0 aliphatic carbocycles. The van der Waals surface area contributed by atoms with Crippen LogP contribution in [0.2, 0.25) is 0 Å². The molecule has 0 radical (unpaired) electrons. The molecule has 796 valence electrons. The van der Waals surface area contributed by atoms with Gasteiger partial charge in [-0.1, -0.05) is 67.2 Å². The second-order valence-electron chi connectivity index (χ2n) is 32.2. The Bertz CT molecular complexity index is 4370. The lowest BCUT2D eigenvalue weighted by Gasteiger charge is -2.16. The van der Waals surface area contributed by atoms with Gasteiger partial charge in [0, 0.05) is 112 Å². The summed E-state index contributed by atoms with van der Waals surface area (Å²) in [4.78, 5) is 241. The minimum Gasteiger partial charge on any atom is -0.490 e. The van der Waals surface area contributed by atoms with E-state index in [9.17, 15) is 111 Å². The van der Waals surface area contributed by atoms with Crippen molar-refractivity contribution in [3.8, 4) is 17.2 Å². The molecule has 0 aliphatic rings. The highest BCUT2D eigenvalue weighted by molar-refractivity contribution is 6.03. The quantitative estimate of drug-likeness (QED) is 0.00739. The van der Waals surface area contributed by atoms with Crippen LogP contribution in [0, 0.1) is 5.41 Å². The number of benzene rings is 3. The summed E-state index contributed by atoms with van der Waals surface area (Å²) in [5.74, 6) is -8.70. The van der Waals surface area contributed by atoms with E-state index in [0.717, 1.165) is 50.3 Å². The van der Waals surface area contributed by atoms with Gasteiger partial charge in [-0.15, -0.1) is 0 Å². The van der Waals surface area contributed by atoms with Crippen LogP contribution in [-0.2, 0) is 143 Å². The van der Waals surface area contributed by atoms with Crippen molar-refractivity contribution >= 4 is 124 Å². The maximum Gasteiger partial charge on any atom is 0.330 e. The van der Waals surface area contributed by atoms with E-state index in [4.69, 9.17) is 52.1 Å². The van der Waals surface area contributed by atoms with E-state index in [1.54, 1.807) is 55.5 Å². The summed E-state index contributed by atoms with van der Waals surface area (Å²) in [6.07, 6.45) is 9.77. The number of Topliss-reactive ketones (excluding diaryl/α,β-unsaturated/α-hetero) is 3. The predicted octanol–water partition coefficient (Wildman–Crippen LogP) is 6.57. The Kier molecular flexibility index (Phi) is 72.5. The minimum absolute atomic E-state index is 0.00456. The van der Waals surface area contributed by atoms with Crippen LogP contribution in [0.4, 0.5) is 0 Å². The number of unbranched alkanes of at least 4 members (excludes halogenated alkanes) is 7. The molecule has 3 rings (SSSR count). The Morgan fingerprint density at radius 1 is 0.287 bits per heavy atom. The summed E-state index contributed by atoms with van der Waals surface area (Å²) in [7, 11) is 1.32. The van der Waals surface area contributed by atoms with Gasteiger partial charge in [0.05, 0.1) is 33.5 Å². The van der Waals surface area contributed by atoms with Crippen LogP contribution < -0.4 is 46.1 Å². The van der Waals surface area contributed by atoms with Gasteiger partial charge < -0.3 is 113 Å². The number of carbonyl (C=O) groups excluding carboxylic acids is 21. The molecule has 0 atom stereocenters. The summed E-state index contributed by atoms with van der Waals surface area (Å²) in [6.45, 7) is 27.7. The molecular weight excluding hydrogens is 1880 g/mol. The Morgan fingerprint density at radius 2 is 0.524 bits per heavy atom. The number of nitrogens with one attached hydrogen (secondary N) is 6. The van der Waals surface area contributed by atoms with Crippen molar-refractivity contribution in [2.45, 2.75) is 209 Å². The van der Waals surface area contributed by atoms with Gasteiger partial charge in [-0.25, -0.2) is 14.4 Å². The second-order valence-corrected chi connectivity index (χ2v) is 32.2. The third-order valence-electron chi connectivity index (χ3n) is 17.7. The summed E-state index contributed by atoms with van der Waals surface area (Å²) in [5, 5.41) is 34.5. The Hall–Kier alpha value is -14.3. The molecule has 44 nitrogen and oxygen atoms in total. The molecule has 0 unspecified atom stereocenters. The number of rotatable bonds is 67. The molecule has 0 aromatic heterocycles. The fourth-order valence-electron chi connectivity index (χ4n) is 10.4. The van der Waals surface area contributed by atoms with Crippen molar-refractivity contribution in [2.75, 3.05) is 139 Å². The normalized spacial score (nSPS) is 10.4. The van der Waals surface area contributed by atoms with E-state index in [0.29, 0.717) is 111 Å². The van der Waals surface area contributed by atoms with Crippen LogP contribution in [0.15, 0.2) is 111 Å². The fraction of sp³-hybridized carbons (Fsp3) is 0.545. The standard InChI is InChI=1S/C33H42N2O11.C27H38N2O11.C20H32N2O8.C13H20O6.C6H10O2/c1-32(2,3)30(40)22-6-10-24(11-7-22)43-16-18-45-28(38)20-26(36)34-14-15-35-27(37)21-29(39)46-19-17-44-25-12-8-23(9-13-25)31(41)33(4,5)42;1-27(2,36)26(35)19-8-10-20(11-9-19)38-15-16-40-25(34)18-22(31)29-13-12-28-21(30)17-24(33)39-14-6-4-5-7-23(32)37-3;1-3-16(23)21-10-11-22-17(24)15-20(27)28-12-8-6-5-7-9-19(26)30-14-13-29-18(25)4-2;1-3-12(15)18-9-10-19-13(16)7-5-4-6-8-17-11(2)14;1-3-5-8-6(7)4-2/h6-13,42H,14-21H2,1-5H3,(H,34,36)(H,35,37);8-11,36H,4-7,12-18H2,1-3H3,(H,28,30)(H,29,31);4H,2-3,5-15H2,1H3,(H,21,23)(H,22,24);3H,1,4-10H2,2H3;4H,2-3,5H2,1H3. The first kappa shape index (κ1) is 131. The summed E-state index contributed by atoms with van der Waals surface area (Å²) in [6, 6.07) is 18.9. The van der Waals surface area contributed by atoms with Gasteiger partial charge in [-0.2, -0.15) is 0 Å². The van der Waals surface area contributed by atoms with Crippen LogP contribution in [0.5, 0.6) is 17.2 Å². The number of hydrogen-bond donors (Lipinski definition) is 8. The third-order valence-corrected chi connectivity index (χ3v) is 17.7. The van der Waals surface area contributed by atoms with Crippen LogP contribution in [0.3, 0.4) is 0 Å². The molecule has 3 aromatic rings. The van der Waals surface area contributed by atoms with E-state index in [2.05, 4.69) is 70.6 Å². The van der Waals surface area contributed by atoms with Crippen LogP contribution >= 0.6 is 0 Å². The number of hydrogen-bond acceptors (Lipinski definition) is 38. The van der Waals surface area contributed by atoms with E-state index in [1.165, 1.54) is 66.0 Å². The molecule has 0 spiro atoms. The minimum atomic E-state index is -1.49. The van der Waals surface area contributed by atoms with Crippen molar-refractivity contribution in [1.82, 2.24) is 31.9 Å². The highest BCUT2D eigenvalue weighted by Crippen LogP contribution is 2.24. The largest absolute Gasteiger partial charge is 0.490 e. The topological polar surface area (TPSA) is 610 Å². The first-order chi connectivity index (χ1) is 67.7. The van der Waals surface area contributed by atoms with Crippen molar-refractivity contribution in [2.24, 2.45) is 5.41 Å². The number of ketones is 3. The number of amides is 6. The van der Waals surface area contributed by atoms with Crippen molar-refractivity contribution in [3.63, 3.8) is 0 Å². The van der Waals surface area contributed by atoms with Crippen molar-refractivity contribution in [3.05, 3.63) is 127 Å². The molecule has 0 aliphatic heterocycles. The lowest BCUT2D eigenvalue weighted by atomic mass is 9.86. The first-order valence-corrected chi connectivity index (χ1v) is 46.3. The molecule has 6 amide bonds. The van der Waals surface area contributed by atoms with Crippen LogP contribution in [0.25, 0.3) is 0 Å². The first-order valence-electron chi connectivity index (χ1n) is 46.3. The Balaban J connectivity index is 0. The molecule has 44 heteroatoms. The summed E-state index contributed by atoms with van der Waals surface area (Å²) >= 11 is 0. The van der Waals surface area contributed by atoms with Gasteiger partial charge >= 0.3 is 71.6 Å². The maximum absolute atomic E-state index is 12.3. The van der Waals surface area contributed by atoms with Gasteiger partial charge in [0.25, 0.3) is 0 Å². The van der Waals surface area contributed by atoms with E-state index < -0.39 is 125 Å².